The first-order valence-electron chi connectivity index (χ1n) is 5.14. The Hall–Kier alpha value is -0.880. The van der Waals surface area contributed by atoms with Gasteiger partial charge in [0.05, 0.1) is 16.8 Å². The van der Waals surface area contributed by atoms with Crippen LogP contribution in [0.4, 0.5) is 0 Å². The first-order valence-corrected chi connectivity index (χ1v) is 8.91. The number of benzene rings is 1. The molecule has 0 unspecified atom stereocenters. The van der Waals surface area contributed by atoms with E-state index in [1.165, 1.54) is 6.92 Å². The van der Waals surface area contributed by atoms with Crippen LogP contribution in [0.5, 0.6) is 0 Å². The van der Waals surface area contributed by atoms with E-state index in [0.29, 0.717) is 5.56 Å². The van der Waals surface area contributed by atoms with E-state index >= 15 is 0 Å². The van der Waals surface area contributed by atoms with Gasteiger partial charge in [0.1, 0.15) is 9.84 Å². The summed E-state index contributed by atoms with van der Waals surface area (Å²) in [5.74, 6) is -0.452. The molecule has 0 fully saturated rings. The van der Waals surface area contributed by atoms with Crippen LogP contribution in [0.1, 0.15) is 12.5 Å². The van der Waals surface area contributed by atoms with Crippen molar-refractivity contribution in [3.8, 4) is 0 Å². The first kappa shape index (κ1) is 14.2. The van der Waals surface area contributed by atoms with Gasteiger partial charge in [-0.15, -0.1) is 0 Å². The Morgan fingerprint density at radius 2 is 1.59 bits per heavy atom. The fourth-order valence-corrected chi connectivity index (χ4v) is 4.84. The average Bonchev–Trinajstić information content (AvgIpc) is 2.15. The van der Waals surface area contributed by atoms with Crippen LogP contribution in [0, 0.1) is 0 Å². The molecule has 1 aromatic carbocycles. The van der Waals surface area contributed by atoms with Crippen LogP contribution in [0.25, 0.3) is 0 Å². The summed E-state index contributed by atoms with van der Waals surface area (Å²) in [5.41, 5.74) is 0.674. The number of hydrogen-bond donors (Lipinski definition) is 0. The molecule has 96 valence electrons. The van der Waals surface area contributed by atoms with E-state index in [1.54, 1.807) is 30.3 Å². The summed E-state index contributed by atoms with van der Waals surface area (Å²) >= 11 is 0. The molecule has 0 saturated heterocycles. The topological polar surface area (TPSA) is 68.3 Å². The molecule has 0 amide bonds. The van der Waals surface area contributed by atoms with E-state index in [2.05, 4.69) is 0 Å². The van der Waals surface area contributed by atoms with Gasteiger partial charge >= 0.3 is 0 Å². The Morgan fingerprint density at radius 1 is 1.06 bits per heavy atom. The summed E-state index contributed by atoms with van der Waals surface area (Å²) in [6, 6.07) is 8.74. The van der Waals surface area contributed by atoms with E-state index in [9.17, 15) is 16.8 Å². The van der Waals surface area contributed by atoms with Gasteiger partial charge in [0.15, 0.2) is 9.84 Å². The molecule has 0 aliphatic heterocycles. The van der Waals surface area contributed by atoms with Gasteiger partial charge in [0.2, 0.25) is 0 Å². The molecule has 0 N–H and O–H groups in total. The Balaban J connectivity index is 2.83. The van der Waals surface area contributed by atoms with E-state index in [1.807, 2.05) is 0 Å². The Bertz CT molecular complexity index is 559. The molecule has 1 atom stereocenters. The molecule has 0 radical (unpaired) electrons. The van der Waals surface area contributed by atoms with E-state index < -0.39 is 24.9 Å². The minimum absolute atomic E-state index is 0.121. The molecule has 6 heteroatoms. The fourth-order valence-electron chi connectivity index (χ4n) is 1.48. The zero-order chi connectivity index (χ0) is 13.1. The zero-order valence-electron chi connectivity index (χ0n) is 9.83. The van der Waals surface area contributed by atoms with Gasteiger partial charge in [0, 0.05) is 6.26 Å². The van der Waals surface area contributed by atoms with Crippen LogP contribution in [0.3, 0.4) is 0 Å². The highest BCUT2D eigenvalue weighted by molar-refractivity contribution is 7.94. The van der Waals surface area contributed by atoms with Crippen LogP contribution in [0.15, 0.2) is 30.3 Å². The monoisotopic (exact) mass is 276 g/mol. The summed E-state index contributed by atoms with van der Waals surface area (Å²) in [7, 11) is -6.70. The Labute approximate surface area is 103 Å². The van der Waals surface area contributed by atoms with E-state index in [0.717, 1.165) is 6.26 Å². The molecule has 17 heavy (non-hydrogen) atoms. The normalized spacial score (nSPS) is 14.5. The lowest BCUT2D eigenvalue weighted by Gasteiger charge is -2.11. The van der Waals surface area contributed by atoms with Crippen molar-refractivity contribution < 1.29 is 16.8 Å². The predicted octanol–water partition coefficient (Wildman–Crippen LogP) is 1.03. The van der Waals surface area contributed by atoms with Crippen molar-refractivity contribution in [2.75, 3.05) is 12.0 Å². The third-order valence-corrected chi connectivity index (χ3v) is 5.81. The molecular weight excluding hydrogens is 260 g/mol. The van der Waals surface area contributed by atoms with E-state index in [4.69, 9.17) is 0 Å². The molecule has 0 aliphatic rings. The molecule has 0 aromatic heterocycles. The highest BCUT2D eigenvalue weighted by atomic mass is 32.2. The lowest BCUT2D eigenvalue weighted by molar-refractivity contribution is 0.578. The van der Waals surface area contributed by atoms with Gasteiger partial charge < -0.3 is 0 Å². The van der Waals surface area contributed by atoms with Gasteiger partial charge in [-0.05, 0) is 12.5 Å². The molecule has 1 aromatic rings. The third kappa shape index (κ3) is 4.87. The number of sulfone groups is 2. The minimum Gasteiger partial charge on any atom is -0.229 e. The standard InChI is InChI=1S/C11H16O4S2/c1-10(8-16(2,12)13)17(14,15)9-11-6-4-3-5-7-11/h3-7,10H,8-9H2,1-2H3/t10-/m1/s1. The molecule has 1 rings (SSSR count). The lowest BCUT2D eigenvalue weighted by atomic mass is 10.2. The smallest absolute Gasteiger partial charge is 0.158 e. The van der Waals surface area contributed by atoms with Crippen LogP contribution in [-0.4, -0.2) is 34.1 Å². The molecule has 0 aliphatic carbocycles. The van der Waals surface area contributed by atoms with Crippen molar-refractivity contribution >= 4 is 19.7 Å². The maximum Gasteiger partial charge on any atom is 0.158 e. The molecule has 0 saturated carbocycles. The minimum atomic E-state index is -3.43. The number of hydrogen-bond acceptors (Lipinski definition) is 4. The van der Waals surface area contributed by atoms with Crippen LogP contribution in [0.2, 0.25) is 0 Å². The summed E-state index contributed by atoms with van der Waals surface area (Å²) in [5, 5.41) is -0.877. The number of rotatable bonds is 5. The van der Waals surface area contributed by atoms with Crippen molar-refractivity contribution in [3.63, 3.8) is 0 Å². The Kier molecular flexibility index (Phi) is 4.32. The maximum absolute atomic E-state index is 11.9. The predicted molar refractivity (Wildman–Crippen MR) is 68.2 cm³/mol. The van der Waals surface area contributed by atoms with Crippen LogP contribution in [-0.2, 0) is 25.4 Å². The maximum atomic E-state index is 11.9. The molecule has 4 nitrogen and oxygen atoms in total. The van der Waals surface area contributed by atoms with Crippen molar-refractivity contribution in [2.24, 2.45) is 0 Å². The SMILES string of the molecule is C[C@H](CS(C)(=O)=O)S(=O)(=O)Cc1ccccc1. The molecule has 0 bridgehead atoms. The van der Waals surface area contributed by atoms with Crippen molar-refractivity contribution in [3.05, 3.63) is 35.9 Å². The Morgan fingerprint density at radius 3 is 2.06 bits per heavy atom. The van der Waals surface area contributed by atoms with Gasteiger partial charge in [0.25, 0.3) is 0 Å². The van der Waals surface area contributed by atoms with Crippen molar-refractivity contribution in [2.45, 2.75) is 17.9 Å². The summed E-state index contributed by atoms with van der Waals surface area (Å²) in [6.07, 6.45) is 1.04. The molecular formula is C11H16O4S2. The zero-order valence-corrected chi connectivity index (χ0v) is 11.5. The van der Waals surface area contributed by atoms with E-state index in [-0.39, 0.29) is 11.5 Å². The average molecular weight is 276 g/mol. The summed E-state index contributed by atoms with van der Waals surface area (Å²) in [6.45, 7) is 1.43. The van der Waals surface area contributed by atoms with Gasteiger partial charge in [-0.3, -0.25) is 0 Å². The van der Waals surface area contributed by atoms with Gasteiger partial charge in [-0.25, -0.2) is 16.8 Å². The molecule has 0 spiro atoms. The summed E-state index contributed by atoms with van der Waals surface area (Å²) in [4.78, 5) is 0. The lowest BCUT2D eigenvalue weighted by Crippen LogP contribution is -2.27. The fraction of sp³-hybridized carbons (Fsp3) is 0.455. The second-order valence-electron chi connectivity index (χ2n) is 4.20. The van der Waals surface area contributed by atoms with Crippen molar-refractivity contribution in [1.82, 2.24) is 0 Å². The quantitative estimate of drug-likeness (QED) is 0.805. The van der Waals surface area contributed by atoms with Crippen LogP contribution >= 0.6 is 0 Å². The van der Waals surface area contributed by atoms with Gasteiger partial charge in [-0.1, -0.05) is 30.3 Å². The largest absolute Gasteiger partial charge is 0.229 e. The van der Waals surface area contributed by atoms with Crippen LogP contribution < -0.4 is 0 Å². The highest BCUT2D eigenvalue weighted by Crippen LogP contribution is 2.12. The highest BCUT2D eigenvalue weighted by Gasteiger charge is 2.24. The van der Waals surface area contributed by atoms with Crippen molar-refractivity contribution in [1.29, 1.82) is 0 Å². The summed E-state index contributed by atoms with van der Waals surface area (Å²) < 4.78 is 46.0. The van der Waals surface area contributed by atoms with Gasteiger partial charge in [-0.2, -0.15) is 0 Å². The second kappa shape index (κ2) is 5.18. The second-order valence-corrected chi connectivity index (χ2v) is 8.80. The molecule has 0 heterocycles. The first-order chi connectivity index (χ1) is 7.71. The third-order valence-electron chi connectivity index (χ3n) is 2.36.